The van der Waals surface area contributed by atoms with Crippen molar-refractivity contribution in [3.63, 3.8) is 0 Å². The van der Waals surface area contributed by atoms with E-state index in [4.69, 9.17) is 0 Å². The van der Waals surface area contributed by atoms with Crippen molar-refractivity contribution < 1.29 is 4.79 Å². The molecule has 1 aliphatic heterocycles. The molecule has 2 rings (SSSR count). The second kappa shape index (κ2) is 7.54. The molecule has 22 heavy (non-hydrogen) atoms. The third kappa shape index (κ3) is 4.16. The minimum atomic E-state index is -0.117. The minimum Gasteiger partial charge on any atom is -0.354 e. The standard InChI is InChI=1S/C16H27N5O/c1-5-12(3)17-16(22)14-11-15(19-13(4)18-14)21-9-7-20(6-2)8-10-21/h11-12H,5-10H2,1-4H3,(H,17,22). The van der Waals surface area contributed by atoms with Crippen LogP contribution in [0.15, 0.2) is 6.07 Å². The SMILES string of the molecule is CCC(C)NC(=O)c1cc(N2CCN(CC)CC2)nc(C)n1. The number of hydrogen-bond acceptors (Lipinski definition) is 5. The molecule has 122 valence electrons. The van der Waals surface area contributed by atoms with E-state index in [9.17, 15) is 4.79 Å². The summed E-state index contributed by atoms with van der Waals surface area (Å²) >= 11 is 0. The van der Waals surface area contributed by atoms with Gasteiger partial charge in [-0.3, -0.25) is 4.79 Å². The first-order valence-corrected chi connectivity index (χ1v) is 8.17. The summed E-state index contributed by atoms with van der Waals surface area (Å²) in [6.45, 7) is 13.1. The van der Waals surface area contributed by atoms with Gasteiger partial charge in [-0.15, -0.1) is 0 Å². The van der Waals surface area contributed by atoms with E-state index in [2.05, 4.69) is 38.9 Å². The molecule has 1 atom stereocenters. The third-order valence-electron chi connectivity index (χ3n) is 4.19. The Bertz CT molecular complexity index is 511. The van der Waals surface area contributed by atoms with Gasteiger partial charge in [-0.05, 0) is 26.8 Å². The first kappa shape index (κ1) is 16.7. The first-order valence-electron chi connectivity index (χ1n) is 8.17. The van der Waals surface area contributed by atoms with E-state index in [0.717, 1.165) is 45.0 Å². The lowest BCUT2D eigenvalue weighted by atomic mass is 10.2. The van der Waals surface area contributed by atoms with Crippen molar-refractivity contribution in [3.8, 4) is 0 Å². The van der Waals surface area contributed by atoms with Crippen molar-refractivity contribution in [1.29, 1.82) is 0 Å². The maximum atomic E-state index is 12.3. The zero-order chi connectivity index (χ0) is 16.1. The van der Waals surface area contributed by atoms with Crippen LogP contribution in [0.5, 0.6) is 0 Å². The number of piperazine rings is 1. The van der Waals surface area contributed by atoms with Crippen molar-refractivity contribution in [2.45, 2.75) is 40.2 Å². The lowest BCUT2D eigenvalue weighted by Gasteiger charge is -2.34. The highest BCUT2D eigenvalue weighted by molar-refractivity contribution is 5.93. The van der Waals surface area contributed by atoms with Crippen molar-refractivity contribution >= 4 is 11.7 Å². The highest BCUT2D eigenvalue weighted by atomic mass is 16.1. The zero-order valence-corrected chi connectivity index (χ0v) is 14.1. The normalized spacial score (nSPS) is 17.4. The second-order valence-corrected chi connectivity index (χ2v) is 5.86. The smallest absolute Gasteiger partial charge is 0.270 e. The molecule has 6 nitrogen and oxygen atoms in total. The largest absolute Gasteiger partial charge is 0.354 e. The molecule has 2 heterocycles. The Morgan fingerprint density at radius 3 is 2.55 bits per heavy atom. The predicted octanol–water partition coefficient (Wildman–Crippen LogP) is 1.46. The molecule has 1 aromatic rings. The van der Waals surface area contributed by atoms with Gasteiger partial charge >= 0.3 is 0 Å². The van der Waals surface area contributed by atoms with E-state index in [1.807, 2.05) is 19.9 Å². The van der Waals surface area contributed by atoms with Crippen LogP contribution in [0.3, 0.4) is 0 Å². The number of carbonyl (C=O) groups is 1. The number of amides is 1. The summed E-state index contributed by atoms with van der Waals surface area (Å²) in [6.07, 6.45) is 0.904. The van der Waals surface area contributed by atoms with Crippen molar-refractivity contribution in [1.82, 2.24) is 20.2 Å². The number of likely N-dealkylation sites (N-methyl/N-ethyl adjacent to an activating group) is 1. The van der Waals surface area contributed by atoms with E-state index in [0.29, 0.717) is 11.5 Å². The van der Waals surface area contributed by atoms with Gasteiger partial charge in [-0.2, -0.15) is 0 Å². The summed E-state index contributed by atoms with van der Waals surface area (Å²) in [7, 11) is 0. The maximum absolute atomic E-state index is 12.3. The number of anilines is 1. The summed E-state index contributed by atoms with van der Waals surface area (Å²) in [5.74, 6) is 1.38. The van der Waals surface area contributed by atoms with Crippen LogP contribution in [0.2, 0.25) is 0 Å². The van der Waals surface area contributed by atoms with Gasteiger partial charge in [0.2, 0.25) is 0 Å². The van der Waals surface area contributed by atoms with Crippen LogP contribution < -0.4 is 10.2 Å². The molecule has 1 N–H and O–H groups in total. The molecule has 0 aliphatic carbocycles. The van der Waals surface area contributed by atoms with E-state index in [-0.39, 0.29) is 11.9 Å². The van der Waals surface area contributed by atoms with Crippen LogP contribution in [0, 0.1) is 6.92 Å². The van der Waals surface area contributed by atoms with Crippen LogP contribution in [0.1, 0.15) is 43.5 Å². The first-order chi connectivity index (χ1) is 10.5. The average molecular weight is 305 g/mol. The van der Waals surface area contributed by atoms with Crippen LogP contribution in [0.25, 0.3) is 0 Å². The molecular formula is C16H27N5O. The molecule has 0 saturated carbocycles. The lowest BCUT2D eigenvalue weighted by Crippen LogP contribution is -2.46. The number of rotatable bonds is 5. The Balaban J connectivity index is 2.11. The summed E-state index contributed by atoms with van der Waals surface area (Å²) in [4.78, 5) is 25.7. The summed E-state index contributed by atoms with van der Waals surface area (Å²) in [6, 6.07) is 1.96. The van der Waals surface area contributed by atoms with Crippen LogP contribution in [-0.4, -0.2) is 59.5 Å². The molecule has 1 amide bonds. The molecule has 1 aromatic heterocycles. The second-order valence-electron chi connectivity index (χ2n) is 5.86. The average Bonchev–Trinajstić information content (AvgIpc) is 2.54. The van der Waals surface area contributed by atoms with Crippen LogP contribution in [-0.2, 0) is 0 Å². The Morgan fingerprint density at radius 1 is 1.27 bits per heavy atom. The fourth-order valence-corrected chi connectivity index (χ4v) is 2.52. The lowest BCUT2D eigenvalue weighted by molar-refractivity contribution is 0.0934. The van der Waals surface area contributed by atoms with Gasteiger partial charge < -0.3 is 15.1 Å². The molecule has 6 heteroatoms. The van der Waals surface area contributed by atoms with E-state index in [1.165, 1.54) is 0 Å². The van der Waals surface area contributed by atoms with Gasteiger partial charge in [-0.25, -0.2) is 9.97 Å². The highest BCUT2D eigenvalue weighted by Gasteiger charge is 2.19. The molecule has 1 fully saturated rings. The number of nitrogens with one attached hydrogen (secondary N) is 1. The molecule has 0 bridgehead atoms. The molecular weight excluding hydrogens is 278 g/mol. The Hall–Kier alpha value is -1.69. The van der Waals surface area contributed by atoms with Crippen LogP contribution >= 0.6 is 0 Å². The molecule has 0 spiro atoms. The highest BCUT2D eigenvalue weighted by Crippen LogP contribution is 2.15. The van der Waals surface area contributed by atoms with Crippen LogP contribution in [0.4, 0.5) is 5.82 Å². The number of aromatic nitrogens is 2. The Morgan fingerprint density at radius 2 is 1.95 bits per heavy atom. The van der Waals surface area contributed by atoms with Crippen molar-refractivity contribution in [3.05, 3.63) is 17.6 Å². The quantitative estimate of drug-likeness (QED) is 0.892. The van der Waals surface area contributed by atoms with Gasteiger partial charge in [0, 0.05) is 38.3 Å². The van der Waals surface area contributed by atoms with E-state index < -0.39 is 0 Å². The van der Waals surface area contributed by atoms with Gasteiger partial charge in [-0.1, -0.05) is 13.8 Å². The molecule has 1 unspecified atom stereocenters. The van der Waals surface area contributed by atoms with Crippen molar-refractivity contribution in [2.24, 2.45) is 0 Å². The summed E-state index contributed by atoms with van der Waals surface area (Å²) in [5, 5.41) is 2.96. The van der Waals surface area contributed by atoms with Crippen molar-refractivity contribution in [2.75, 3.05) is 37.6 Å². The summed E-state index contributed by atoms with van der Waals surface area (Å²) in [5.41, 5.74) is 0.459. The number of aryl methyl sites for hydroxylation is 1. The van der Waals surface area contributed by atoms with Gasteiger partial charge in [0.1, 0.15) is 17.3 Å². The maximum Gasteiger partial charge on any atom is 0.270 e. The predicted molar refractivity (Wildman–Crippen MR) is 88.3 cm³/mol. The Labute approximate surface area is 132 Å². The number of carbonyl (C=O) groups excluding carboxylic acids is 1. The van der Waals surface area contributed by atoms with Gasteiger partial charge in [0.05, 0.1) is 0 Å². The summed E-state index contributed by atoms with van der Waals surface area (Å²) < 4.78 is 0. The monoisotopic (exact) mass is 305 g/mol. The van der Waals surface area contributed by atoms with Gasteiger partial charge in [0.25, 0.3) is 5.91 Å². The molecule has 0 radical (unpaired) electrons. The fourth-order valence-electron chi connectivity index (χ4n) is 2.52. The van der Waals surface area contributed by atoms with Gasteiger partial charge in [0.15, 0.2) is 0 Å². The molecule has 1 aliphatic rings. The number of hydrogen-bond donors (Lipinski definition) is 1. The van der Waals surface area contributed by atoms with E-state index in [1.54, 1.807) is 0 Å². The molecule has 1 saturated heterocycles. The third-order valence-corrected chi connectivity index (χ3v) is 4.19. The fraction of sp³-hybridized carbons (Fsp3) is 0.688. The van der Waals surface area contributed by atoms with E-state index >= 15 is 0 Å². The topological polar surface area (TPSA) is 61.4 Å². The zero-order valence-electron chi connectivity index (χ0n) is 14.1. The minimum absolute atomic E-state index is 0.117. The number of nitrogens with zero attached hydrogens (tertiary/aromatic N) is 4. The molecule has 0 aromatic carbocycles. The Kier molecular flexibility index (Phi) is 5.71.